The van der Waals surface area contributed by atoms with E-state index in [1.165, 1.54) is 11.8 Å². The number of nitrogens with zero attached hydrogens (tertiary/aromatic N) is 2. The Morgan fingerprint density at radius 3 is 2.95 bits per heavy atom. The van der Waals surface area contributed by atoms with Gasteiger partial charge in [0.1, 0.15) is 16.9 Å². The molecule has 0 saturated heterocycles. The molecule has 0 spiro atoms. The third-order valence-electron chi connectivity index (χ3n) is 3.67. The molecule has 2 N–H and O–H groups in total. The molecule has 0 aliphatic heterocycles. The maximum absolute atomic E-state index is 11.0. The molecule has 1 aliphatic rings. The van der Waals surface area contributed by atoms with Crippen LogP contribution in [-0.4, -0.2) is 16.6 Å². The van der Waals surface area contributed by atoms with E-state index in [-0.39, 0.29) is 5.75 Å². The van der Waals surface area contributed by atoms with Gasteiger partial charge >= 0.3 is 0 Å². The average molecular weight is 313 g/mol. The highest BCUT2D eigenvalue weighted by Gasteiger charge is 2.24. The number of aryl methyl sites for hydroxylation is 1. The van der Waals surface area contributed by atoms with E-state index in [0.717, 1.165) is 42.5 Å². The van der Waals surface area contributed by atoms with Crippen LogP contribution >= 0.6 is 11.8 Å². The predicted octanol–water partition coefficient (Wildman–Crippen LogP) is 2.67. The van der Waals surface area contributed by atoms with Gasteiger partial charge in [-0.2, -0.15) is 5.26 Å². The van der Waals surface area contributed by atoms with Gasteiger partial charge in [0, 0.05) is 11.3 Å². The molecule has 112 valence electrons. The fourth-order valence-corrected chi connectivity index (χ4v) is 3.50. The van der Waals surface area contributed by atoms with Crippen molar-refractivity contribution >= 4 is 17.7 Å². The first-order valence-electron chi connectivity index (χ1n) is 7.11. The van der Waals surface area contributed by atoms with Gasteiger partial charge in [-0.05, 0) is 43.4 Å². The van der Waals surface area contributed by atoms with Crippen LogP contribution in [0, 0.1) is 11.3 Å². The Kier molecular flexibility index (Phi) is 4.16. The summed E-state index contributed by atoms with van der Waals surface area (Å²) in [6.07, 6.45) is 5.56. The van der Waals surface area contributed by atoms with Crippen LogP contribution in [-0.2, 0) is 17.6 Å². The van der Waals surface area contributed by atoms with Crippen LogP contribution in [0.15, 0.2) is 27.8 Å². The van der Waals surface area contributed by atoms with Gasteiger partial charge in [0.25, 0.3) is 0 Å². The van der Waals surface area contributed by atoms with E-state index in [4.69, 9.17) is 10.2 Å². The zero-order valence-electron chi connectivity index (χ0n) is 12.0. The number of nitrogens with two attached hydrogens (primary N) is 1. The Balaban J connectivity index is 2.18. The minimum atomic E-state index is -0.423. The number of hydrogen-bond acceptors (Lipinski definition) is 5. The Labute approximate surface area is 132 Å². The van der Waals surface area contributed by atoms with Crippen molar-refractivity contribution in [1.82, 2.24) is 4.98 Å². The van der Waals surface area contributed by atoms with Gasteiger partial charge in [-0.1, -0.05) is 11.8 Å². The summed E-state index contributed by atoms with van der Waals surface area (Å²) in [5.74, 6) is 0.365. The number of aromatic nitrogens is 1. The summed E-state index contributed by atoms with van der Waals surface area (Å²) >= 11 is 1.21. The number of fused-ring (bicyclic) bond motifs is 1. The first-order valence-corrected chi connectivity index (χ1v) is 8.10. The molecular formula is C16H15N3O2S. The molecule has 0 radical (unpaired) electrons. The predicted molar refractivity (Wildman–Crippen MR) is 83.2 cm³/mol. The number of nitriles is 1. The second-order valence-corrected chi connectivity index (χ2v) is 6.11. The van der Waals surface area contributed by atoms with Crippen molar-refractivity contribution in [1.29, 1.82) is 5.26 Å². The zero-order valence-corrected chi connectivity index (χ0v) is 12.8. The van der Waals surface area contributed by atoms with Crippen molar-refractivity contribution in [3.05, 3.63) is 35.2 Å². The number of primary amides is 1. The van der Waals surface area contributed by atoms with Crippen LogP contribution in [0.25, 0.3) is 11.3 Å². The summed E-state index contributed by atoms with van der Waals surface area (Å²) in [5.41, 5.74) is 8.61. The van der Waals surface area contributed by atoms with Crippen molar-refractivity contribution in [3.8, 4) is 17.4 Å². The van der Waals surface area contributed by atoms with Gasteiger partial charge in [-0.25, -0.2) is 4.98 Å². The van der Waals surface area contributed by atoms with Gasteiger partial charge in [-0.15, -0.1) is 0 Å². The van der Waals surface area contributed by atoms with Crippen molar-refractivity contribution in [3.63, 3.8) is 0 Å². The second kappa shape index (κ2) is 6.24. The normalized spacial score (nSPS) is 13.4. The first kappa shape index (κ1) is 14.7. The Bertz CT molecular complexity index is 748. The van der Waals surface area contributed by atoms with Crippen molar-refractivity contribution in [2.45, 2.75) is 30.7 Å². The highest BCUT2D eigenvalue weighted by Crippen LogP contribution is 2.37. The number of hydrogen-bond donors (Lipinski definition) is 1. The maximum Gasteiger partial charge on any atom is 0.227 e. The van der Waals surface area contributed by atoms with Gasteiger partial charge < -0.3 is 10.2 Å². The largest absolute Gasteiger partial charge is 0.464 e. The topological polar surface area (TPSA) is 92.9 Å². The Morgan fingerprint density at radius 1 is 1.45 bits per heavy atom. The fourth-order valence-electron chi connectivity index (χ4n) is 2.76. The lowest BCUT2D eigenvalue weighted by molar-refractivity contribution is -0.115. The number of pyridine rings is 1. The molecule has 2 aromatic rings. The first-order chi connectivity index (χ1) is 10.7. The Hall–Kier alpha value is -2.26. The number of furan rings is 1. The van der Waals surface area contributed by atoms with Crippen LogP contribution in [0.3, 0.4) is 0 Å². The third-order valence-corrected chi connectivity index (χ3v) is 4.67. The molecule has 0 bridgehead atoms. The van der Waals surface area contributed by atoms with Crippen LogP contribution in [0.2, 0.25) is 0 Å². The lowest BCUT2D eigenvalue weighted by Gasteiger charge is -2.20. The van der Waals surface area contributed by atoms with E-state index in [1.807, 2.05) is 12.1 Å². The third kappa shape index (κ3) is 2.72. The molecule has 0 fully saturated rings. The summed E-state index contributed by atoms with van der Waals surface area (Å²) < 4.78 is 5.53. The minimum absolute atomic E-state index is 0.109. The molecular weight excluding hydrogens is 298 g/mol. The van der Waals surface area contributed by atoms with Crippen molar-refractivity contribution < 1.29 is 9.21 Å². The highest BCUT2D eigenvalue weighted by molar-refractivity contribution is 8.00. The van der Waals surface area contributed by atoms with Gasteiger partial charge in [0.2, 0.25) is 5.91 Å². The number of thioether (sulfide) groups is 1. The SMILES string of the molecule is N#Cc1c(SCC(N)=O)nc2c(c1-c1ccco1)CCCC2. The zero-order chi connectivity index (χ0) is 15.5. The summed E-state index contributed by atoms with van der Waals surface area (Å²) in [5, 5.41) is 10.2. The Morgan fingerprint density at radius 2 is 2.27 bits per heavy atom. The summed E-state index contributed by atoms with van der Waals surface area (Å²) in [4.78, 5) is 15.7. The van der Waals surface area contributed by atoms with Gasteiger partial charge in [0.05, 0.1) is 17.6 Å². The summed E-state index contributed by atoms with van der Waals surface area (Å²) in [6.45, 7) is 0. The molecule has 5 nitrogen and oxygen atoms in total. The molecule has 1 aliphatic carbocycles. The molecule has 0 aromatic carbocycles. The summed E-state index contributed by atoms with van der Waals surface area (Å²) in [7, 11) is 0. The minimum Gasteiger partial charge on any atom is -0.464 e. The highest BCUT2D eigenvalue weighted by atomic mass is 32.2. The van der Waals surface area contributed by atoms with E-state index in [0.29, 0.717) is 16.3 Å². The average Bonchev–Trinajstić information content (AvgIpc) is 3.05. The fraction of sp³-hybridized carbons (Fsp3) is 0.312. The van der Waals surface area contributed by atoms with E-state index >= 15 is 0 Å². The van der Waals surface area contributed by atoms with Crippen LogP contribution in [0.5, 0.6) is 0 Å². The smallest absolute Gasteiger partial charge is 0.227 e. The molecule has 2 aromatic heterocycles. The van der Waals surface area contributed by atoms with Crippen molar-refractivity contribution in [2.24, 2.45) is 5.73 Å². The molecule has 22 heavy (non-hydrogen) atoms. The number of amides is 1. The monoisotopic (exact) mass is 313 g/mol. The number of carbonyl (C=O) groups excluding carboxylic acids is 1. The van der Waals surface area contributed by atoms with Crippen LogP contribution in [0.4, 0.5) is 0 Å². The lowest BCUT2D eigenvalue weighted by atomic mass is 9.89. The molecule has 6 heteroatoms. The lowest BCUT2D eigenvalue weighted by Crippen LogP contribution is -2.15. The standard InChI is InChI=1S/C16H15N3O2S/c17-8-11-15(13-6-3-7-21-13)10-4-1-2-5-12(10)19-16(11)22-9-14(18)20/h3,6-7H,1-2,4-5,9H2,(H2,18,20). The van der Waals surface area contributed by atoms with Crippen molar-refractivity contribution in [2.75, 3.05) is 5.75 Å². The van der Waals surface area contributed by atoms with E-state index < -0.39 is 5.91 Å². The van der Waals surface area contributed by atoms with Crippen LogP contribution in [0.1, 0.15) is 29.7 Å². The summed E-state index contributed by atoms with van der Waals surface area (Å²) in [6, 6.07) is 5.89. The van der Waals surface area contributed by atoms with E-state index in [2.05, 4.69) is 11.1 Å². The second-order valence-electron chi connectivity index (χ2n) is 5.14. The number of carbonyl (C=O) groups is 1. The molecule has 3 rings (SSSR count). The van der Waals surface area contributed by atoms with Gasteiger partial charge in [0.15, 0.2) is 0 Å². The van der Waals surface area contributed by atoms with Crippen LogP contribution < -0.4 is 5.73 Å². The molecule has 1 amide bonds. The maximum atomic E-state index is 11.0. The van der Waals surface area contributed by atoms with E-state index in [1.54, 1.807) is 6.26 Å². The molecule has 2 heterocycles. The van der Waals surface area contributed by atoms with Gasteiger partial charge in [-0.3, -0.25) is 4.79 Å². The van der Waals surface area contributed by atoms with E-state index in [9.17, 15) is 10.1 Å². The number of rotatable bonds is 4. The quantitative estimate of drug-likeness (QED) is 0.876. The molecule has 0 atom stereocenters. The molecule has 0 unspecified atom stereocenters. The molecule has 0 saturated carbocycles.